The Balaban J connectivity index is 2.26. The molecule has 2 rings (SSSR count). The zero-order valence-corrected chi connectivity index (χ0v) is 9.07. The van der Waals surface area contributed by atoms with E-state index in [4.69, 9.17) is 5.11 Å². The van der Waals surface area contributed by atoms with Crippen molar-refractivity contribution in [2.24, 2.45) is 0 Å². The Hall–Kier alpha value is -1.03. The first-order chi connectivity index (χ1) is 6.68. The van der Waals surface area contributed by atoms with Gasteiger partial charge in [-0.15, -0.1) is 0 Å². The number of rotatable bonds is 2. The van der Waals surface area contributed by atoms with Crippen molar-refractivity contribution in [1.29, 1.82) is 0 Å². The van der Waals surface area contributed by atoms with Crippen LogP contribution in [-0.2, 0) is 0 Å². The Morgan fingerprint density at radius 3 is 2.36 bits per heavy atom. The molecule has 1 saturated carbocycles. The Kier molecular flexibility index (Phi) is 2.46. The Morgan fingerprint density at radius 2 is 1.93 bits per heavy atom. The molecule has 1 aromatic rings. The lowest BCUT2D eigenvalue weighted by Crippen LogP contribution is -2.31. The van der Waals surface area contributed by atoms with Gasteiger partial charge in [-0.3, -0.25) is 4.90 Å². The van der Waals surface area contributed by atoms with E-state index in [1.54, 1.807) is 0 Å². The van der Waals surface area contributed by atoms with Crippen LogP contribution in [0.5, 0.6) is 0 Å². The quantitative estimate of drug-likeness (QED) is 0.883. The van der Waals surface area contributed by atoms with Crippen molar-refractivity contribution in [2.45, 2.75) is 18.9 Å². The molecule has 0 bridgehead atoms. The van der Waals surface area contributed by atoms with Gasteiger partial charge in [-0.1, -0.05) is 15.9 Å². The van der Waals surface area contributed by atoms with Crippen molar-refractivity contribution < 1.29 is 9.90 Å². The van der Waals surface area contributed by atoms with E-state index in [-0.39, 0.29) is 6.04 Å². The van der Waals surface area contributed by atoms with E-state index in [0.29, 0.717) is 0 Å². The van der Waals surface area contributed by atoms with Gasteiger partial charge in [0.2, 0.25) is 0 Å². The Morgan fingerprint density at radius 1 is 1.36 bits per heavy atom. The van der Waals surface area contributed by atoms with Gasteiger partial charge in [-0.05, 0) is 37.1 Å². The van der Waals surface area contributed by atoms with Gasteiger partial charge in [0.05, 0.1) is 0 Å². The summed E-state index contributed by atoms with van der Waals surface area (Å²) < 4.78 is 0.961. The summed E-state index contributed by atoms with van der Waals surface area (Å²) in [4.78, 5) is 12.4. The zero-order valence-electron chi connectivity index (χ0n) is 7.48. The summed E-state index contributed by atoms with van der Waals surface area (Å²) in [6, 6.07) is 7.53. The summed E-state index contributed by atoms with van der Waals surface area (Å²) in [7, 11) is 0. The Bertz CT molecular complexity index is 346. The molecule has 4 heteroatoms. The molecule has 0 heterocycles. The topological polar surface area (TPSA) is 40.5 Å². The maximum absolute atomic E-state index is 11.0. The van der Waals surface area contributed by atoms with Gasteiger partial charge in [0, 0.05) is 16.2 Å². The number of amides is 1. The van der Waals surface area contributed by atoms with Crippen LogP contribution in [0.1, 0.15) is 12.8 Å². The van der Waals surface area contributed by atoms with Crippen molar-refractivity contribution in [3.05, 3.63) is 28.7 Å². The minimum atomic E-state index is -0.866. The van der Waals surface area contributed by atoms with Gasteiger partial charge in [0.15, 0.2) is 0 Å². The number of anilines is 1. The summed E-state index contributed by atoms with van der Waals surface area (Å²) >= 11 is 3.32. The van der Waals surface area contributed by atoms with Gasteiger partial charge >= 0.3 is 6.09 Å². The van der Waals surface area contributed by atoms with Crippen LogP contribution in [0.4, 0.5) is 10.5 Å². The smallest absolute Gasteiger partial charge is 0.412 e. The average Bonchev–Trinajstić information content (AvgIpc) is 2.92. The third-order valence-electron chi connectivity index (χ3n) is 2.22. The highest BCUT2D eigenvalue weighted by atomic mass is 79.9. The molecule has 0 radical (unpaired) electrons. The van der Waals surface area contributed by atoms with Crippen LogP contribution in [0.25, 0.3) is 0 Å². The van der Waals surface area contributed by atoms with Crippen molar-refractivity contribution in [1.82, 2.24) is 0 Å². The molecule has 1 N–H and O–H groups in total. The molecule has 0 atom stereocenters. The zero-order chi connectivity index (χ0) is 10.1. The first-order valence-corrected chi connectivity index (χ1v) is 5.25. The second-order valence-corrected chi connectivity index (χ2v) is 4.28. The molecule has 0 aliphatic heterocycles. The van der Waals surface area contributed by atoms with E-state index in [2.05, 4.69) is 15.9 Å². The average molecular weight is 256 g/mol. The van der Waals surface area contributed by atoms with Crippen LogP contribution >= 0.6 is 15.9 Å². The first kappa shape index (κ1) is 9.52. The van der Waals surface area contributed by atoms with Crippen LogP contribution in [0.2, 0.25) is 0 Å². The van der Waals surface area contributed by atoms with E-state index < -0.39 is 6.09 Å². The van der Waals surface area contributed by atoms with E-state index in [9.17, 15) is 4.79 Å². The highest BCUT2D eigenvalue weighted by Gasteiger charge is 2.33. The molecule has 0 unspecified atom stereocenters. The lowest BCUT2D eigenvalue weighted by Gasteiger charge is -2.18. The summed E-state index contributed by atoms with van der Waals surface area (Å²) in [6.45, 7) is 0. The highest BCUT2D eigenvalue weighted by molar-refractivity contribution is 9.10. The normalized spacial score (nSPS) is 15.2. The minimum Gasteiger partial charge on any atom is -0.465 e. The number of halogens is 1. The molecule has 74 valence electrons. The van der Waals surface area contributed by atoms with E-state index in [0.717, 1.165) is 23.0 Å². The van der Waals surface area contributed by atoms with Gasteiger partial charge in [0.1, 0.15) is 0 Å². The fourth-order valence-corrected chi connectivity index (χ4v) is 1.68. The summed E-state index contributed by atoms with van der Waals surface area (Å²) in [5.41, 5.74) is 0.753. The molecule has 1 aliphatic carbocycles. The third-order valence-corrected chi connectivity index (χ3v) is 2.75. The van der Waals surface area contributed by atoms with E-state index >= 15 is 0 Å². The van der Waals surface area contributed by atoms with Crippen LogP contribution in [0, 0.1) is 0 Å². The maximum atomic E-state index is 11.0. The van der Waals surface area contributed by atoms with Crippen LogP contribution in [-0.4, -0.2) is 17.2 Å². The van der Waals surface area contributed by atoms with Crippen molar-refractivity contribution in [3.63, 3.8) is 0 Å². The second-order valence-electron chi connectivity index (χ2n) is 3.36. The molecule has 0 spiro atoms. The lowest BCUT2D eigenvalue weighted by atomic mass is 10.3. The lowest BCUT2D eigenvalue weighted by molar-refractivity contribution is 0.201. The molecule has 1 amide bonds. The fraction of sp³-hybridized carbons (Fsp3) is 0.300. The molecule has 1 fully saturated rings. The number of nitrogens with zero attached hydrogens (tertiary/aromatic N) is 1. The summed E-state index contributed by atoms with van der Waals surface area (Å²) in [5.74, 6) is 0. The standard InChI is InChI=1S/C10H10BrNO2/c11-7-1-3-8(4-2-7)12(10(13)14)9-5-6-9/h1-4,9H,5-6H2,(H,13,14). The number of benzene rings is 1. The van der Waals surface area contributed by atoms with E-state index in [1.165, 1.54) is 4.90 Å². The van der Waals surface area contributed by atoms with E-state index in [1.807, 2.05) is 24.3 Å². The molecule has 1 aliphatic rings. The van der Waals surface area contributed by atoms with Crippen LogP contribution in [0.3, 0.4) is 0 Å². The third kappa shape index (κ3) is 1.90. The molecule has 14 heavy (non-hydrogen) atoms. The van der Waals surface area contributed by atoms with Crippen molar-refractivity contribution in [2.75, 3.05) is 4.90 Å². The van der Waals surface area contributed by atoms with Crippen molar-refractivity contribution >= 4 is 27.7 Å². The van der Waals surface area contributed by atoms with Gasteiger partial charge < -0.3 is 5.11 Å². The highest BCUT2D eigenvalue weighted by Crippen LogP contribution is 2.32. The number of carboxylic acid groups (broad SMARTS) is 1. The predicted molar refractivity (Wildman–Crippen MR) is 57.7 cm³/mol. The molecule has 3 nitrogen and oxygen atoms in total. The monoisotopic (exact) mass is 255 g/mol. The predicted octanol–water partition coefficient (Wildman–Crippen LogP) is 3.10. The number of hydrogen-bond donors (Lipinski definition) is 1. The summed E-state index contributed by atoms with van der Waals surface area (Å²) in [6.07, 6.45) is 1.08. The molecule has 0 aromatic heterocycles. The Labute approximate surface area is 90.5 Å². The maximum Gasteiger partial charge on any atom is 0.412 e. The molecular formula is C10H10BrNO2. The number of carbonyl (C=O) groups is 1. The molecule has 0 saturated heterocycles. The van der Waals surface area contributed by atoms with Gasteiger partial charge in [0.25, 0.3) is 0 Å². The van der Waals surface area contributed by atoms with Crippen LogP contribution < -0.4 is 4.90 Å². The largest absolute Gasteiger partial charge is 0.465 e. The van der Waals surface area contributed by atoms with Crippen molar-refractivity contribution in [3.8, 4) is 0 Å². The minimum absolute atomic E-state index is 0.189. The molecular weight excluding hydrogens is 246 g/mol. The second kappa shape index (κ2) is 3.61. The van der Waals surface area contributed by atoms with Gasteiger partial charge in [-0.25, -0.2) is 4.79 Å². The molecule has 1 aromatic carbocycles. The SMILES string of the molecule is O=C(O)N(c1ccc(Br)cc1)C1CC1. The van der Waals surface area contributed by atoms with Crippen LogP contribution in [0.15, 0.2) is 28.7 Å². The fourth-order valence-electron chi connectivity index (χ4n) is 1.41. The summed E-state index contributed by atoms with van der Waals surface area (Å²) in [5, 5.41) is 9.02. The number of hydrogen-bond acceptors (Lipinski definition) is 1. The first-order valence-electron chi connectivity index (χ1n) is 4.46. The van der Waals surface area contributed by atoms with Gasteiger partial charge in [-0.2, -0.15) is 0 Å².